The summed E-state index contributed by atoms with van der Waals surface area (Å²) in [4.78, 5) is 23.4. The lowest BCUT2D eigenvalue weighted by atomic mass is 10.1. The van der Waals surface area contributed by atoms with E-state index < -0.39 is 11.6 Å². The van der Waals surface area contributed by atoms with Gasteiger partial charge >= 0.3 is 11.6 Å². The van der Waals surface area contributed by atoms with Gasteiger partial charge in [-0.15, -0.1) is 0 Å². The molecule has 5 nitrogen and oxygen atoms in total. The SMILES string of the molecule is COC(=O)c1cc2ccc3cc(OC)ccc3c2oc1=O. The summed E-state index contributed by atoms with van der Waals surface area (Å²) in [5.41, 5.74) is -0.386. The highest BCUT2D eigenvalue weighted by Crippen LogP contribution is 2.28. The van der Waals surface area contributed by atoms with Crippen LogP contribution in [-0.4, -0.2) is 20.2 Å². The van der Waals surface area contributed by atoms with Crippen LogP contribution in [0.2, 0.25) is 0 Å². The lowest BCUT2D eigenvalue weighted by molar-refractivity contribution is 0.0596. The molecule has 0 aliphatic heterocycles. The molecule has 0 fully saturated rings. The first-order chi connectivity index (χ1) is 10.1. The Labute approximate surface area is 119 Å². The Kier molecular flexibility index (Phi) is 3.10. The second-order valence-electron chi connectivity index (χ2n) is 4.51. The lowest BCUT2D eigenvalue weighted by Crippen LogP contribution is -2.14. The van der Waals surface area contributed by atoms with Crippen molar-refractivity contribution in [1.29, 1.82) is 0 Å². The number of methoxy groups -OCH3 is 2. The van der Waals surface area contributed by atoms with Crippen LogP contribution in [0.4, 0.5) is 0 Å². The standard InChI is InChI=1S/C16H12O5/c1-19-11-5-6-12-9(7-11)3-4-10-8-13(15(17)20-2)16(18)21-14(10)12/h3-8H,1-2H3. The average molecular weight is 284 g/mol. The molecule has 0 bridgehead atoms. The fourth-order valence-electron chi connectivity index (χ4n) is 2.27. The second-order valence-corrected chi connectivity index (χ2v) is 4.51. The Morgan fingerprint density at radius 1 is 1.05 bits per heavy atom. The van der Waals surface area contributed by atoms with Crippen molar-refractivity contribution in [3.8, 4) is 5.75 Å². The molecular weight excluding hydrogens is 272 g/mol. The number of ether oxygens (including phenoxy) is 2. The lowest BCUT2D eigenvalue weighted by Gasteiger charge is -2.06. The molecule has 0 atom stereocenters. The summed E-state index contributed by atoms with van der Waals surface area (Å²) in [6, 6.07) is 10.6. The summed E-state index contributed by atoms with van der Waals surface area (Å²) in [7, 11) is 2.81. The third kappa shape index (κ3) is 2.12. The minimum atomic E-state index is -0.710. The van der Waals surface area contributed by atoms with Gasteiger partial charge in [0.15, 0.2) is 0 Å². The maximum atomic E-state index is 11.9. The zero-order valence-corrected chi connectivity index (χ0v) is 11.5. The molecule has 0 spiro atoms. The monoisotopic (exact) mass is 284 g/mol. The molecule has 0 aliphatic carbocycles. The molecule has 0 N–H and O–H groups in total. The Morgan fingerprint density at radius 3 is 2.52 bits per heavy atom. The molecule has 1 aromatic heterocycles. The van der Waals surface area contributed by atoms with E-state index in [9.17, 15) is 9.59 Å². The minimum Gasteiger partial charge on any atom is -0.497 e. The number of carbonyl (C=O) groups is 1. The number of rotatable bonds is 2. The molecular formula is C16H12O5. The summed E-state index contributed by atoms with van der Waals surface area (Å²) in [6.07, 6.45) is 0. The molecule has 2 aromatic carbocycles. The van der Waals surface area contributed by atoms with Crippen molar-refractivity contribution < 1.29 is 18.7 Å². The quantitative estimate of drug-likeness (QED) is 0.411. The van der Waals surface area contributed by atoms with E-state index in [0.29, 0.717) is 11.0 Å². The zero-order chi connectivity index (χ0) is 15.0. The van der Waals surface area contributed by atoms with Crippen molar-refractivity contribution in [3.05, 3.63) is 52.4 Å². The number of fused-ring (bicyclic) bond motifs is 3. The Bertz CT molecular complexity index is 908. The highest BCUT2D eigenvalue weighted by molar-refractivity contribution is 6.05. The van der Waals surface area contributed by atoms with E-state index >= 15 is 0 Å². The Morgan fingerprint density at radius 2 is 1.81 bits per heavy atom. The number of hydrogen-bond donors (Lipinski definition) is 0. The predicted octanol–water partition coefficient (Wildman–Crippen LogP) is 2.74. The summed E-state index contributed by atoms with van der Waals surface area (Å²) in [5, 5.41) is 2.32. The van der Waals surface area contributed by atoms with E-state index in [1.54, 1.807) is 19.2 Å². The topological polar surface area (TPSA) is 65.7 Å². The van der Waals surface area contributed by atoms with Crippen molar-refractivity contribution in [2.24, 2.45) is 0 Å². The molecule has 3 aromatic rings. The second kappa shape index (κ2) is 4.94. The highest BCUT2D eigenvalue weighted by Gasteiger charge is 2.15. The molecule has 0 saturated heterocycles. The third-order valence-corrected chi connectivity index (χ3v) is 3.33. The van der Waals surface area contributed by atoms with Crippen molar-refractivity contribution in [3.63, 3.8) is 0 Å². The van der Waals surface area contributed by atoms with Crippen molar-refractivity contribution >= 4 is 27.7 Å². The van der Waals surface area contributed by atoms with Crippen molar-refractivity contribution in [2.45, 2.75) is 0 Å². The average Bonchev–Trinajstić information content (AvgIpc) is 2.52. The predicted molar refractivity (Wildman–Crippen MR) is 77.9 cm³/mol. The van der Waals surface area contributed by atoms with Gasteiger partial charge in [-0.05, 0) is 29.7 Å². The smallest absolute Gasteiger partial charge is 0.351 e. The van der Waals surface area contributed by atoms with Crippen LogP contribution in [0.3, 0.4) is 0 Å². The van der Waals surface area contributed by atoms with Crippen molar-refractivity contribution in [2.75, 3.05) is 14.2 Å². The molecule has 0 aliphatic rings. The molecule has 3 rings (SSSR count). The minimum absolute atomic E-state index is 0.113. The molecule has 0 saturated carbocycles. The zero-order valence-electron chi connectivity index (χ0n) is 11.5. The molecule has 0 amide bonds. The fourth-order valence-corrected chi connectivity index (χ4v) is 2.27. The van der Waals surface area contributed by atoms with Crippen LogP contribution in [0, 0.1) is 0 Å². The van der Waals surface area contributed by atoms with Gasteiger partial charge in [0.25, 0.3) is 0 Å². The Balaban J connectivity index is 2.34. The van der Waals surface area contributed by atoms with Gasteiger partial charge in [-0.25, -0.2) is 9.59 Å². The van der Waals surface area contributed by atoms with Crippen LogP contribution < -0.4 is 10.4 Å². The van der Waals surface area contributed by atoms with Crippen LogP contribution in [0.25, 0.3) is 21.7 Å². The molecule has 5 heteroatoms. The van der Waals surface area contributed by atoms with Crippen LogP contribution in [0.5, 0.6) is 5.75 Å². The van der Waals surface area contributed by atoms with Gasteiger partial charge in [0.2, 0.25) is 0 Å². The number of esters is 1. The largest absolute Gasteiger partial charge is 0.497 e. The first-order valence-electron chi connectivity index (χ1n) is 6.27. The molecule has 0 unspecified atom stereocenters. The highest BCUT2D eigenvalue weighted by atomic mass is 16.5. The van der Waals surface area contributed by atoms with E-state index in [2.05, 4.69) is 4.74 Å². The van der Waals surface area contributed by atoms with E-state index in [1.807, 2.05) is 18.2 Å². The number of hydrogen-bond acceptors (Lipinski definition) is 5. The van der Waals surface area contributed by atoms with E-state index in [4.69, 9.17) is 9.15 Å². The number of benzene rings is 2. The van der Waals surface area contributed by atoms with Gasteiger partial charge < -0.3 is 13.9 Å². The van der Waals surface area contributed by atoms with Crippen LogP contribution >= 0.6 is 0 Å². The molecule has 0 radical (unpaired) electrons. The first kappa shape index (κ1) is 13.2. The Hall–Kier alpha value is -2.82. The van der Waals surface area contributed by atoms with E-state index in [0.717, 1.165) is 16.5 Å². The summed E-state index contributed by atoms with van der Waals surface area (Å²) in [6.45, 7) is 0. The summed E-state index contributed by atoms with van der Waals surface area (Å²) in [5.74, 6) is 0.0101. The third-order valence-electron chi connectivity index (χ3n) is 3.33. The van der Waals surface area contributed by atoms with Gasteiger partial charge in [0, 0.05) is 10.8 Å². The summed E-state index contributed by atoms with van der Waals surface area (Å²) < 4.78 is 15.0. The van der Waals surface area contributed by atoms with E-state index in [-0.39, 0.29) is 5.56 Å². The normalized spacial score (nSPS) is 10.8. The number of carbonyl (C=O) groups excluding carboxylic acids is 1. The van der Waals surface area contributed by atoms with Gasteiger partial charge in [-0.3, -0.25) is 0 Å². The van der Waals surface area contributed by atoms with Gasteiger partial charge in [0.1, 0.15) is 16.9 Å². The van der Waals surface area contributed by atoms with Gasteiger partial charge in [-0.1, -0.05) is 12.1 Å². The van der Waals surface area contributed by atoms with Crippen LogP contribution in [-0.2, 0) is 4.74 Å². The first-order valence-corrected chi connectivity index (χ1v) is 6.27. The van der Waals surface area contributed by atoms with Gasteiger partial charge in [0.05, 0.1) is 14.2 Å². The van der Waals surface area contributed by atoms with Crippen LogP contribution in [0.1, 0.15) is 10.4 Å². The van der Waals surface area contributed by atoms with Crippen LogP contribution in [0.15, 0.2) is 45.6 Å². The van der Waals surface area contributed by atoms with E-state index in [1.165, 1.54) is 13.2 Å². The van der Waals surface area contributed by atoms with Crippen molar-refractivity contribution in [1.82, 2.24) is 0 Å². The van der Waals surface area contributed by atoms with Gasteiger partial charge in [-0.2, -0.15) is 0 Å². The molecule has 1 heterocycles. The molecule has 106 valence electrons. The summed E-state index contributed by atoms with van der Waals surface area (Å²) >= 11 is 0. The maximum absolute atomic E-state index is 11.9. The fraction of sp³-hybridized carbons (Fsp3) is 0.125. The molecule has 21 heavy (non-hydrogen) atoms. The maximum Gasteiger partial charge on any atom is 0.351 e.